The van der Waals surface area contributed by atoms with Crippen molar-refractivity contribution < 1.29 is 9.21 Å². The van der Waals surface area contributed by atoms with Crippen LogP contribution in [0.25, 0.3) is 11.6 Å². The van der Waals surface area contributed by atoms with E-state index in [1.807, 2.05) is 42.2 Å². The Labute approximate surface area is 214 Å². The maximum atomic E-state index is 13.7. The first-order valence-corrected chi connectivity index (χ1v) is 13.6. The number of hydrogen-bond acceptors (Lipinski definition) is 7. The molecule has 2 atom stereocenters. The number of rotatable bonds is 7. The largest absolute Gasteiger partial charge is 0.419 e. The monoisotopic (exact) mass is 499 g/mol. The zero-order chi connectivity index (χ0) is 24.6. The average molecular weight is 500 g/mol. The quantitative estimate of drug-likeness (QED) is 0.306. The molecule has 1 saturated heterocycles. The number of carbonyl (C=O) groups excluding carboxylic acids is 1. The van der Waals surface area contributed by atoms with Crippen LogP contribution in [0.4, 0.5) is 0 Å². The van der Waals surface area contributed by atoms with Gasteiger partial charge in [-0.25, -0.2) is 9.97 Å². The van der Waals surface area contributed by atoms with Crippen molar-refractivity contribution in [1.29, 1.82) is 0 Å². The standard InChI is InChI=1S/C28H29N5O2S/c1-17(13-19-7-4-3-5-8-19)25-31-32-26(35-25)23-15-21(14-22(30-23)20-10-11-20)28(34)33-12-6-9-24(33)27-29-18(2)16-36-27/h3-5,7-8,14-17,20,24H,6,9-13H2,1-2H3. The van der Waals surface area contributed by atoms with Gasteiger partial charge in [-0.15, -0.1) is 21.5 Å². The smallest absolute Gasteiger partial charge is 0.266 e. The Morgan fingerprint density at radius 1 is 1.14 bits per heavy atom. The molecule has 1 saturated carbocycles. The highest BCUT2D eigenvalue weighted by atomic mass is 32.1. The lowest BCUT2D eigenvalue weighted by Gasteiger charge is -2.23. The topological polar surface area (TPSA) is 85.0 Å². The van der Waals surface area contributed by atoms with Crippen molar-refractivity contribution in [3.8, 4) is 11.6 Å². The molecule has 1 aliphatic heterocycles. The second-order valence-electron chi connectivity index (χ2n) is 9.96. The van der Waals surface area contributed by atoms with Crippen LogP contribution < -0.4 is 0 Å². The second-order valence-corrected chi connectivity index (χ2v) is 10.8. The molecular formula is C28H29N5O2S. The van der Waals surface area contributed by atoms with Gasteiger partial charge in [0.05, 0.1) is 6.04 Å². The first-order chi connectivity index (χ1) is 17.5. The van der Waals surface area contributed by atoms with E-state index in [4.69, 9.17) is 9.40 Å². The van der Waals surface area contributed by atoms with Crippen molar-refractivity contribution in [2.24, 2.45) is 0 Å². The van der Waals surface area contributed by atoms with Gasteiger partial charge in [-0.2, -0.15) is 0 Å². The second kappa shape index (κ2) is 9.58. The van der Waals surface area contributed by atoms with Crippen LogP contribution in [0, 0.1) is 6.92 Å². The Balaban J connectivity index is 1.28. The highest BCUT2D eigenvalue weighted by Crippen LogP contribution is 2.41. The first-order valence-electron chi connectivity index (χ1n) is 12.7. The Hall–Kier alpha value is -3.39. The molecule has 1 aliphatic carbocycles. The molecule has 0 N–H and O–H groups in total. The summed E-state index contributed by atoms with van der Waals surface area (Å²) in [6.45, 7) is 4.82. The molecule has 2 unspecified atom stereocenters. The Kier molecular flexibility index (Phi) is 6.13. The molecule has 3 aromatic heterocycles. The summed E-state index contributed by atoms with van der Waals surface area (Å²) in [6.07, 6.45) is 4.93. The van der Waals surface area contributed by atoms with Gasteiger partial charge in [-0.3, -0.25) is 4.79 Å². The van der Waals surface area contributed by atoms with Gasteiger partial charge in [0.2, 0.25) is 5.89 Å². The van der Waals surface area contributed by atoms with Crippen LogP contribution in [0.5, 0.6) is 0 Å². The number of hydrogen-bond donors (Lipinski definition) is 0. The van der Waals surface area contributed by atoms with E-state index in [-0.39, 0.29) is 17.9 Å². The van der Waals surface area contributed by atoms with Gasteiger partial charge >= 0.3 is 0 Å². The van der Waals surface area contributed by atoms with Gasteiger partial charge in [0.15, 0.2) is 0 Å². The maximum absolute atomic E-state index is 13.7. The summed E-state index contributed by atoms with van der Waals surface area (Å²) >= 11 is 1.64. The van der Waals surface area contributed by atoms with Crippen LogP contribution in [0.3, 0.4) is 0 Å². The van der Waals surface area contributed by atoms with Crippen molar-refractivity contribution in [3.05, 3.63) is 81.3 Å². The van der Waals surface area contributed by atoms with E-state index in [9.17, 15) is 4.79 Å². The lowest BCUT2D eigenvalue weighted by atomic mass is 10.0. The molecule has 36 heavy (non-hydrogen) atoms. The molecule has 0 bridgehead atoms. The van der Waals surface area contributed by atoms with Crippen molar-refractivity contribution in [1.82, 2.24) is 25.1 Å². The van der Waals surface area contributed by atoms with E-state index < -0.39 is 0 Å². The third-order valence-corrected chi connectivity index (χ3v) is 8.05. The highest BCUT2D eigenvalue weighted by molar-refractivity contribution is 7.09. The fourth-order valence-corrected chi connectivity index (χ4v) is 5.87. The lowest BCUT2D eigenvalue weighted by Crippen LogP contribution is -2.30. The Morgan fingerprint density at radius 2 is 1.97 bits per heavy atom. The molecule has 0 spiro atoms. The molecule has 8 heteroatoms. The third kappa shape index (κ3) is 4.69. The zero-order valence-electron chi connectivity index (χ0n) is 20.6. The Bertz CT molecular complexity index is 1380. The molecule has 7 nitrogen and oxygen atoms in total. The fourth-order valence-electron chi connectivity index (χ4n) is 4.92. The van der Waals surface area contributed by atoms with Gasteiger partial charge in [0.1, 0.15) is 10.7 Å². The van der Waals surface area contributed by atoms with Crippen LogP contribution in [-0.4, -0.2) is 37.5 Å². The molecule has 4 heterocycles. The van der Waals surface area contributed by atoms with Gasteiger partial charge in [0.25, 0.3) is 11.8 Å². The summed E-state index contributed by atoms with van der Waals surface area (Å²) < 4.78 is 6.09. The summed E-state index contributed by atoms with van der Waals surface area (Å²) in [6, 6.07) is 14.1. The molecule has 2 aliphatic rings. The highest BCUT2D eigenvalue weighted by Gasteiger charge is 2.34. The summed E-state index contributed by atoms with van der Waals surface area (Å²) in [5.41, 5.74) is 4.38. The van der Waals surface area contributed by atoms with E-state index >= 15 is 0 Å². The number of aryl methyl sites for hydroxylation is 1. The number of pyridine rings is 1. The molecule has 0 radical (unpaired) electrons. The first kappa shape index (κ1) is 23.0. The van der Waals surface area contributed by atoms with Crippen LogP contribution in [0.15, 0.2) is 52.3 Å². The third-order valence-electron chi connectivity index (χ3n) is 6.99. The summed E-state index contributed by atoms with van der Waals surface area (Å²) in [4.78, 5) is 25.2. The number of aromatic nitrogens is 4. The zero-order valence-corrected chi connectivity index (χ0v) is 21.4. The minimum atomic E-state index is 0.0214. The van der Waals surface area contributed by atoms with Crippen LogP contribution in [0.2, 0.25) is 0 Å². The van der Waals surface area contributed by atoms with Crippen LogP contribution >= 0.6 is 11.3 Å². The minimum absolute atomic E-state index is 0.0214. The fraction of sp³-hybridized carbons (Fsp3) is 0.393. The van der Waals surface area contributed by atoms with Crippen LogP contribution in [-0.2, 0) is 6.42 Å². The van der Waals surface area contributed by atoms with E-state index in [0.717, 1.165) is 55.0 Å². The van der Waals surface area contributed by atoms with Gasteiger partial charge in [0, 0.05) is 40.7 Å². The minimum Gasteiger partial charge on any atom is -0.419 e. The number of amides is 1. The van der Waals surface area contributed by atoms with E-state index in [1.165, 1.54) is 5.56 Å². The van der Waals surface area contributed by atoms with Gasteiger partial charge in [-0.1, -0.05) is 37.3 Å². The van der Waals surface area contributed by atoms with E-state index in [2.05, 4.69) is 39.6 Å². The molecule has 6 rings (SSSR count). The summed E-state index contributed by atoms with van der Waals surface area (Å²) in [5.74, 6) is 1.45. The van der Waals surface area contributed by atoms with Crippen molar-refractivity contribution in [2.75, 3.05) is 6.54 Å². The predicted molar refractivity (Wildman–Crippen MR) is 138 cm³/mol. The molecule has 1 aromatic carbocycles. The number of benzene rings is 1. The Morgan fingerprint density at radius 3 is 2.72 bits per heavy atom. The molecule has 184 valence electrons. The molecule has 4 aromatic rings. The van der Waals surface area contributed by atoms with E-state index in [1.54, 1.807) is 11.3 Å². The summed E-state index contributed by atoms with van der Waals surface area (Å²) in [7, 11) is 0. The number of nitrogens with zero attached hydrogens (tertiary/aromatic N) is 5. The van der Waals surface area contributed by atoms with Crippen molar-refractivity contribution in [3.63, 3.8) is 0 Å². The SMILES string of the molecule is Cc1csc(C2CCCN2C(=O)c2cc(-c3nnc(C(C)Cc4ccccc4)o3)nc(C3CC3)c2)n1. The molecule has 1 amide bonds. The number of likely N-dealkylation sites (tertiary alicyclic amines) is 1. The maximum Gasteiger partial charge on any atom is 0.266 e. The number of carbonyl (C=O) groups is 1. The normalized spacial score (nSPS) is 18.5. The van der Waals surface area contributed by atoms with Crippen molar-refractivity contribution >= 4 is 17.2 Å². The molecular weight excluding hydrogens is 470 g/mol. The van der Waals surface area contributed by atoms with Gasteiger partial charge in [-0.05, 0) is 56.7 Å². The number of thiazole rings is 1. The van der Waals surface area contributed by atoms with Crippen molar-refractivity contribution in [2.45, 2.75) is 63.8 Å². The van der Waals surface area contributed by atoms with Gasteiger partial charge < -0.3 is 9.32 Å². The predicted octanol–water partition coefficient (Wildman–Crippen LogP) is 6.10. The van der Waals surface area contributed by atoms with Crippen LogP contribution in [0.1, 0.15) is 88.7 Å². The lowest BCUT2D eigenvalue weighted by molar-refractivity contribution is 0.0735. The van der Waals surface area contributed by atoms with E-state index in [0.29, 0.717) is 29.0 Å². The average Bonchev–Trinajstić information content (AvgIpc) is 3.25. The molecule has 2 fully saturated rings. The summed E-state index contributed by atoms with van der Waals surface area (Å²) in [5, 5.41) is 11.7.